The highest BCUT2D eigenvalue weighted by Crippen LogP contribution is 2.30. The van der Waals surface area contributed by atoms with Gasteiger partial charge in [-0.25, -0.2) is 9.59 Å². The Labute approximate surface area is 170 Å². The van der Waals surface area contributed by atoms with Crippen LogP contribution >= 0.6 is 0 Å². The van der Waals surface area contributed by atoms with Crippen LogP contribution < -0.4 is 15.4 Å². The number of ether oxygens (including phenoxy) is 2. The zero-order valence-corrected chi connectivity index (χ0v) is 17.2. The third-order valence-corrected chi connectivity index (χ3v) is 4.57. The van der Waals surface area contributed by atoms with Gasteiger partial charge in [-0.3, -0.25) is 0 Å². The van der Waals surface area contributed by atoms with Gasteiger partial charge in [0.2, 0.25) is 0 Å². The molecule has 0 aromatic heterocycles. The Morgan fingerprint density at radius 1 is 1.00 bits per heavy atom. The molecule has 2 N–H and O–H groups in total. The van der Waals surface area contributed by atoms with E-state index in [4.69, 9.17) is 9.47 Å². The van der Waals surface area contributed by atoms with Crippen LogP contribution in [0.3, 0.4) is 0 Å². The lowest BCUT2D eigenvalue weighted by Crippen LogP contribution is -2.45. The van der Waals surface area contributed by atoms with Gasteiger partial charge in [0.25, 0.3) is 0 Å². The lowest BCUT2D eigenvalue weighted by molar-refractivity contribution is -0.139. The van der Waals surface area contributed by atoms with Gasteiger partial charge in [0, 0.05) is 5.70 Å². The van der Waals surface area contributed by atoms with E-state index in [2.05, 4.69) is 16.7 Å². The molecule has 0 spiro atoms. The van der Waals surface area contributed by atoms with Crippen molar-refractivity contribution in [2.45, 2.75) is 40.2 Å². The number of benzene rings is 2. The van der Waals surface area contributed by atoms with Crippen LogP contribution in [0.15, 0.2) is 53.7 Å². The van der Waals surface area contributed by atoms with E-state index in [0.29, 0.717) is 23.6 Å². The quantitative estimate of drug-likeness (QED) is 0.698. The van der Waals surface area contributed by atoms with Crippen LogP contribution in [0.2, 0.25) is 0 Å². The maximum Gasteiger partial charge on any atom is 0.338 e. The van der Waals surface area contributed by atoms with Crippen molar-refractivity contribution in [3.63, 3.8) is 0 Å². The van der Waals surface area contributed by atoms with E-state index < -0.39 is 12.0 Å². The van der Waals surface area contributed by atoms with Crippen molar-refractivity contribution in [3.8, 4) is 11.5 Å². The first-order valence-electron chi connectivity index (χ1n) is 9.69. The third-order valence-electron chi connectivity index (χ3n) is 4.57. The normalized spacial score (nSPS) is 16.1. The summed E-state index contributed by atoms with van der Waals surface area (Å²) in [5.41, 5.74) is 3.93. The molecule has 0 saturated heterocycles. The smallest absolute Gasteiger partial charge is 0.338 e. The number of urea groups is 1. The maximum absolute atomic E-state index is 12.5. The fraction of sp³-hybridized carbons (Fsp3) is 0.304. The summed E-state index contributed by atoms with van der Waals surface area (Å²) in [6.45, 7) is 8.01. The Morgan fingerprint density at radius 2 is 1.66 bits per heavy atom. The Balaban J connectivity index is 1.83. The fourth-order valence-corrected chi connectivity index (χ4v) is 3.34. The van der Waals surface area contributed by atoms with E-state index in [1.807, 2.05) is 57.2 Å². The molecule has 1 unspecified atom stereocenters. The topological polar surface area (TPSA) is 76.7 Å². The van der Waals surface area contributed by atoms with Crippen LogP contribution in [0.5, 0.6) is 11.5 Å². The average Bonchev–Trinajstić information content (AvgIpc) is 2.65. The maximum atomic E-state index is 12.5. The molecule has 2 aromatic rings. The molecule has 1 aliphatic heterocycles. The van der Waals surface area contributed by atoms with Crippen molar-refractivity contribution < 1.29 is 19.1 Å². The molecule has 6 nitrogen and oxygen atoms in total. The summed E-state index contributed by atoms with van der Waals surface area (Å²) in [6, 6.07) is 12.4. The van der Waals surface area contributed by atoms with Crippen LogP contribution in [0.1, 0.15) is 43.0 Å². The molecule has 0 bridgehead atoms. The minimum absolute atomic E-state index is 0.332. The molecule has 0 aliphatic carbocycles. The predicted octanol–water partition coefficient (Wildman–Crippen LogP) is 4.68. The molecule has 6 heteroatoms. The van der Waals surface area contributed by atoms with E-state index in [1.165, 1.54) is 0 Å². The number of esters is 1. The molecule has 0 saturated carbocycles. The number of carbonyl (C=O) groups is 2. The zero-order valence-electron chi connectivity index (χ0n) is 17.2. The van der Waals surface area contributed by atoms with E-state index in [0.717, 1.165) is 28.9 Å². The van der Waals surface area contributed by atoms with Crippen LogP contribution in [0, 0.1) is 13.8 Å². The zero-order chi connectivity index (χ0) is 21.0. The summed E-state index contributed by atoms with van der Waals surface area (Å²) in [6.07, 6.45) is 0.729. The minimum atomic E-state index is -0.580. The Morgan fingerprint density at radius 3 is 2.28 bits per heavy atom. The fourth-order valence-electron chi connectivity index (χ4n) is 3.34. The number of amides is 2. The molecular weight excluding hydrogens is 368 g/mol. The van der Waals surface area contributed by atoms with E-state index >= 15 is 0 Å². The van der Waals surface area contributed by atoms with Crippen LogP contribution in [0.4, 0.5) is 4.79 Å². The van der Waals surface area contributed by atoms with Crippen molar-refractivity contribution >= 4 is 12.0 Å². The molecule has 0 radical (unpaired) electrons. The molecular formula is C23H26N2O4. The standard InChI is InChI=1S/C23H26N2O4/c1-5-10-28-22(26)20-16(4)24-23(27)25-21(20)17-6-8-18(9-7-17)29-19-12-14(2)11-15(3)13-19/h6-9,11-13,21H,5,10H2,1-4H3,(H2,24,25,27). The number of carbonyl (C=O) groups excluding carboxylic acids is 2. The summed E-state index contributed by atoms with van der Waals surface area (Å²) in [5.74, 6) is 1.01. The van der Waals surface area contributed by atoms with Crippen molar-refractivity contribution in [3.05, 3.63) is 70.4 Å². The van der Waals surface area contributed by atoms with Crippen molar-refractivity contribution in [2.24, 2.45) is 0 Å². The van der Waals surface area contributed by atoms with Gasteiger partial charge in [-0.1, -0.05) is 25.1 Å². The second-order valence-electron chi connectivity index (χ2n) is 7.20. The first-order valence-corrected chi connectivity index (χ1v) is 9.69. The number of nitrogens with one attached hydrogen (secondary N) is 2. The Kier molecular flexibility index (Phi) is 6.22. The minimum Gasteiger partial charge on any atom is -0.462 e. The highest BCUT2D eigenvalue weighted by atomic mass is 16.5. The lowest BCUT2D eigenvalue weighted by Gasteiger charge is -2.28. The number of rotatable bonds is 6. The second-order valence-corrected chi connectivity index (χ2v) is 7.20. The first-order chi connectivity index (χ1) is 13.9. The molecule has 152 valence electrons. The van der Waals surface area contributed by atoms with Gasteiger partial charge >= 0.3 is 12.0 Å². The number of hydrogen-bond donors (Lipinski definition) is 2. The van der Waals surface area contributed by atoms with Gasteiger partial charge < -0.3 is 20.1 Å². The second kappa shape index (κ2) is 8.82. The summed E-state index contributed by atoms with van der Waals surface area (Å²) in [7, 11) is 0. The largest absolute Gasteiger partial charge is 0.462 e. The predicted molar refractivity (Wildman–Crippen MR) is 111 cm³/mol. The molecule has 3 rings (SSSR count). The molecule has 1 aliphatic rings. The summed E-state index contributed by atoms with van der Waals surface area (Å²) in [4.78, 5) is 24.5. The van der Waals surface area contributed by atoms with E-state index in [-0.39, 0.29) is 6.03 Å². The average molecular weight is 394 g/mol. The van der Waals surface area contributed by atoms with Gasteiger partial charge in [-0.05, 0) is 68.1 Å². The van der Waals surface area contributed by atoms with Gasteiger partial charge in [0.1, 0.15) is 11.5 Å². The highest BCUT2D eigenvalue weighted by molar-refractivity contribution is 5.95. The monoisotopic (exact) mass is 394 g/mol. The first kappa shape index (κ1) is 20.5. The van der Waals surface area contributed by atoms with E-state index in [1.54, 1.807) is 6.92 Å². The number of aryl methyl sites for hydroxylation is 2. The summed E-state index contributed by atoms with van der Waals surface area (Å²) >= 11 is 0. The van der Waals surface area contributed by atoms with E-state index in [9.17, 15) is 9.59 Å². The Bertz CT molecular complexity index is 928. The van der Waals surface area contributed by atoms with Crippen LogP contribution in [-0.4, -0.2) is 18.6 Å². The van der Waals surface area contributed by atoms with Crippen LogP contribution in [-0.2, 0) is 9.53 Å². The van der Waals surface area contributed by atoms with Gasteiger partial charge in [-0.15, -0.1) is 0 Å². The Hall–Kier alpha value is -3.28. The van der Waals surface area contributed by atoms with Gasteiger partial charge in [-0.2, -0.15) is 0 Å². The third kappa shape index (κ3) is 4.96. The highest BCUT2D eigenvalue weighted by Gasteiger charge is 2.32. The van der Waals surface area contributed by atoms with Crippen LogP contribution in [0.25, 0.3) is 0 Å². The SMILES string of the molecule is CCCOC(=O)C1=C(C)NC(=O)NC1c1ccc(Oc2cc(C)cc(C)c2)cc1. The number of allylic oxidation sites excluding steroid dienone is 1. The van der Waals surface area contributed by atoms with Crippen molar-refractivity contribution in [1.29, 1.82) is 0 Å². The van der Waals surface area contributed by atoms with Crippen molar-refractivity contribution in [2.75, 3.05) is 6.61 Å². The molecule has 1 atom stereocenters. The molecule has 0 fully saturated rings. The molecule has 1 heterocycles. The van der Waals surface area contributed by atoms with Crippen molar-refractivity contribution in [1.82, 2.24) is 10.6 Å². The molecule has 2 aromatic carbocycles. The van der Waals surface area contributed by atoms with Gasteiger partial charge in [0.15, 0.2) is 0 Å². The molecule has 2 amide bonds. The number of hydrogen-bond acceptors (Lipinski definition) is 4. The summed E-state index contributed by atoms with van der Waals surface area (Å²) < 4.78 is 11.2. The molecule has 29 heavy (non-hydrogen) atoms. The summed E-state index contributed by atoms with van der Waals surface area (Å²) in [5, 5.41) is 5.45. The van der Waals surface area contributed by atoms with Gasteiger partial charge in [0.05, 0.1) is 18.2 Å². The lowest BCUT2D eigenvalue weighted by atomic mass is 9.95.